The van der Waals surface area contributed by atoms with E-state index in [1.165, 1.54) is 11.3 Å². The molecule has 1 N–H and O–H groups in total. The third kappa shape index (κ3) is 3.46. The summed E-state index contributed by atoms with van der Waals surface area (Å²) in [6.45, 7) is 3.74. The molecule has 1 fully saturated rings. The van der Waals surface area contributed by atoms with E-state index in [0.29, 0.717) is 12.6 Å². The van der Waals surface area contributed by atoms with E-state index >= 15 is 0 Å². The fourth-order valence-electron chi connectivity index (χ4n) is 2.42. The number of nitrogens with one attached hydrogen (secondary N) is 1. The molecule has 5 heteroatoms. The van der Waals surface area contributed by atoms with Gasteiger partial charge in [0.1, 0.15) is 0 Å². The number of amides is 1. The van der Waals surface area contributed by atoms with Gasteiger partial charge in [-0.15, -0.1) is 11.3 Å². The minimum atomic E-state index is 0.168. The monoisotopic (exact) mass is 286 g/mol. The van der Waals surface area contributed by atoms with Gasteiger partial charge < -0.3 is 10.2 Å². The predicted molar refractivity (Wildman–Crippen MR) is 76.0 cm³/mol. The molecule has 0 radical (unpaired) electrons. The summed E-state index contributed by atoms with van der Waals surface area (Å²) in [6, 6.07) is 4.31. The maximum atomic E-state index is 12.3. The lowest BCUT2D eigenvalue weighted by atomic mass is 9.92. The highest BCUT2D eigenvalue weighted by atomic mass is 35.5. The summed E-state index contributed by atoms with van der Waals surface area (Å²) in [5.74, 6) is 0.426. The average Bonchev–Trinajstić information content (AvgIpc) is 2.73. The number of rotatable bonds is 3. The lowest BCUT2D eigenvalue weighted by molar-refractivity contribution is -0.135. The Bertz CT molecular complexity index is 421. The fraction of sp³-hybridized carbons (Fsp3) is 0.615. The highest BCUT2D eigenvalue weighted by Gasteiger charge is 2.27. The highest BCUT2D eigenvalue weighted by molar-refractivity contribution is 7.16. The number of hydrogen-bond acceptors (Lipinski definition) is 3. The molecule has 2 unspecified atom stereocenters. The van der Waals surface area contributed by atoms with Crippen molar-refractivity contribution in [2.24, 2.45) is 5.92 Å². The van der Waals surface area contributed by atoms with Crippen LogP contribution in [0.5, 0.6) is 0 Å². The Kier molecular flexibility index (Phi) is 4.65. The Morgan fingerprint density at radius 2 is 2.39 bits per heavy atom. The summed E-state index contributed by atoms with van der Waals surface area (Å²) >= 11 is 7.44. The minimum Gasteiger partial charge on any atom is -0.340 e. The van der Waals surface area contributed by atoms with Gasteiger partial charge in [-0.2, -0.15) is 0 Å². The maximum Gasteiger partial charge on any atom is 0.225 e. The SMILES string of the molecule is CC1CC(C(=O)N(C)Cc2ccc(Cl)s2)CCN1. The quantitative estimate of drug-likeness (QED) is 0.927. The van der Waals surface area contributed by atoms with Crippen LogP contribution >= 0.6 is 22.9 Å². The first-order valence-electron chi connectivity index (χ1n) is 6.29. The van der Waals surface area contributed by atoms with Gasteiger partial charge in [-0.3, -0.25) is 4.79 Å². The zero-order valence-electron chi connectivity index (χ0n) is 10.8. The van der Waals surface area contributed by atoms with E-state index < -0.39 is 0 Å². The van der Waals surface area contributed by atoms with Crippen molar-refractivity contribution < 1.29 is 4.79 Å². The number of carbonyl (C=O) groups is 1. The molecule has 100 valence electrons. The summed E-state index contributed by atoms with van der Waals surface area (Å²) in [7, 11) is 1.88. The molecule has 1 saturated heterocycles. The van der Waals surface area contributed by atoms with E-state index in [4.69, 9.17) is 11.6 Å². The molecular weight excluding hydrogens is 268 g/mol. The number of halogens is 1. The third-order valence-electron chi connectivity index (χ3n) is 3.37. The van der Waals surface area contributed by atoms with Crippen molar-refractivity contribution in [2.75, 3.05) is 13.6 Å². The largest absolute Gasteiger partial charge is 0.340 e. The highest BCUT2D eigenvalue weighted by Crippen LogP contribution is 2.24. The Morgan fingerprint density at radius 3 is 3.00 bits per heavy atom. The predicted octanol–water partition coefficient (Wildman–Crippen LogP) is 2.75. The number of piperidine rings is 1. The molecule has 1 aliphatic heterocycles. The molecule has 2 atom stereocenters. The van der Waals surface area contributed by atoms with E-state index in [1.807, 2.05) is 24.1 Å². The van der Waals surface area contributed by atoms with Gasteiger partial charge in [-0.05, 0) is 38.4 Å². The van der Waals surface area contributed by atoms with Gasteiger partial charge in [0.25, 0.3) is 0 Å². The van der Waals surface area contributed by atoms with Gasteiger partial charge in [0.05, 0.1) is 10.9 Å². The van der Waals surface area contributed by atoms with Crippen molar-refractivity contribution in [2.45, 2.75) is 32.4 Å². The molecule has 1 amide bonds. The second-order valence-corrected chi connectivity index (χ2v) is 6.78. The maximum absolute atomic E-state index is 12.3. The summed E-state index contributed by atoms with van der Waals surface area (Å²) in [4.78, 5) is 15.3. The molecule has 3 nitrogen and oxygen atoms in total. The molecule has 1 aliphatic rings. The molecule has 0 spiro atoms. The minimum absolute atomic E-state index is 0.168. The van der Waals surface area contributed by atoms with Crippen molar-refractivity contribution in [1.82, 2.24) is 10.2 Å². The van der Waals surface area contributed by atoms with Crippen molar-refractivity contribution in [3.05, 3.63) is 21.3 Å². The number of hydrogen-bond donors (Lipinski definition) is 1. The Labute approximate surface area is 117 Å². The molecule has 0 bridgehead atoms. The van der Waals surface area contributed by atoms with E-state index in [1.54, 1.807) is 0 Å². The first-order chi connectivity index (χ1) is 8.56. The van der Waals surface area contributed by atoms with Gasteiger partial charge in [0, 0.05) is 23.9 Å². The zero-order chi connectivity index (χ0) is 13.1. The fourth-order valence-corrected chi connectivity index (χ4v) is 3.56. The third-order valence-corrected chi connectivity index (χ3v) is 4.59. The molecule has 1 aromatic rings. The number of thiophene rings is 1. The van der Waals surface area contributed by atoms with Gasteiger partial charge in [0.2, 0.25) is 5.91 Å². The summed E-state index contributed by atoms with van der Waals surface area (Å²) in [6.07, 6.45) is 1.88. The van der Waals surface area contributed by atoms with Crippen molar-refractivity contribution >= 4 is 28.8 Å². The molecule has 2 rings (SSSR count). The van der Waals surface area contributed by atoms with Crippen molar-refractivity contribution in [3.63, 3.8) is 0 Å². The molecule has 0 aromatic carbocycles. The average molecular weight is 287 g/mol. The van der Waals surface area contributed by atoms with Crippen LogP contribution in [0.3, 0.4) is 0 Å². The summed E-state index contributed by atoms with van der Waals surface area (Å²) in [5.41, 5.74) is 0. The van der Waals surface area contributed by atoms with E-state index in [2.05, 4.69) is 12.2 Å². The summed E-state index contributed by atoms with van der Waals surface area (Å²) in [5, 5.41) is 3.37. The Balaban J connectivity index is 1.91. The first-order valence-corrected chi connectivity index (χ1v) is 7.48. The van der Waals surface area contributed by atoms with Crippen LogP contribution in [-0.4, -0.2) is 30.4 Å². The lowest BCUT2D eigenvalue weighted by Gasteiger charge is -2.30. The molecule has 18 heavy (non-hydrogen) atoms. The number of carbonyl (C=O) groups excluding carboxylic acids is 1. The molecular formula is C13H19ClN2OS. The lowest BCUT2D eigenvalue weighted by Crippen LogP contribution is -2.42. The molecule has 1 aromatic heterocycles. The van der Waals surface area contributed by atoms with Crippen LogP contribution in [0.25, 0.3) is 0 Å². The topological polar surface area (TPSA) is 32.3 Å². The Hall–Kier alpha value is -0.580. The molecule has 0 saturated carbocycles. The Morgan fingerprint density at radius 1 is 1.61 bits per heavy atom. The van der Waals surface area contributed by atoms with Crippen LogP contribution < -0.4 is 5.32 Å². The molecule has 2 heterocycles. The normalized spacial score (nSPS) is 23.9. The van der Waals surface area contributed by atoms with Crippen LogP contribution in [0.15, 0.2) is 12.1 Å². The van der Waals surface area contributed by atoms with Crippen LogP contribution in [0, 0.1) is 5.92 Å². The second-order valence-electron chi connectivity index (χ2n) is 4.98. The van der Waals surface area contributed by atoms with E-state index in [9.17, 15) is 4.79 Å². The van der Waals surface area contributed by atoms with Crippen LogP contribution in [0.1, 0.15) is 24.6 Å². The smallest absolute Gasteiger partial charge is 0.225 e. The van der Waals surface area contributed by atoms with Gasteiger partial charge in [-0.1, -0.05) is 11.6 Å². The molecule has 0 aliphatic carbocycles. The van der Waals surface area contributed by atoms with Crippen molar-refractivity contribution in [1.29, 1.82) is 0 Å². The van der Waals surface area contributed by atoms with Gasteiger partial charge >= 0.3 is 0 Å². The standard InChI is InChI=1S/C13H19ClN2OS/c1-9-7-10(5-6-15-9)13(17)16(2)8-11-3-4-12(14)18-11/h3-4,9-10,15H,5-8H2,1-2H3. The van der Waals surface area contributed by atoms with Crippen LogP contribution in [-0.2, 0) is 11.3 Å². The van der Waals surface area contributed by atoms with Gasteiger partial charge in [0.15, 0.2) is 0 Å². The van der Waals surface area contributed by atoms with Crippen LogP contribution in [0.4, 0.5) is 0 Å². The number of nitrogens with zero attached hydrogens (tertiary/aromatic N) is 1. The van der Waals surface area contributed by atoms with Crippen molar-refractivity contribution in [3.8, 4) is 0 Å². The van der Waals surface area contributed by atoms with E-state index in [0.717, 1.165) is 28.6 Å². The van der Waals surface area contributed by atoms with Crippen LogP contribution in [0.2, 0.25) is 4.34 Å². The summed E-state index contributed by atoms with van der Waals surface area (Å²) < 4.78 is 0.779. The second kappa shape index (κ2) is 6.04. The zero-order valence-corrected chi connectivity index (χ0v) is 12.4. The van der Waals surface area contributed by atoms with E-state index in [-0.39, 0.29) is 11.8 Å². The van der Waals surface area contributed by atoms with Gasteiger partial charge in [-0.25, -0.2) is 0 Å². The first kappa shape index (κ1) is 13.8.